The number of hydrogen-bond donors (Lipinski definition) is 4. The molecule has 13 heteroatoms. The van der Waals surface area contributed by atoms with Crippen LogP contribution in [0, 0.1) is 0 Å². The van der Waals surface area contributed by atoms with Crippen LogP contribution >= 0.6 is 7.44 Å². The van der Waals surface area contributed by atoms with E-state index < -0.39 is 25.1 Å². The second-order valence-corrected chi connectivity index (χ2v) is 11.1. The van der Waals surface area contributed by atoms with Gasteiger partial charge in [-0.25, -0.2) is 25.1 Å². The predicted molar refractivity (Wildman–Crippen MR) is 132 cm³/mol. The van der Waals surface area contributed by atoms with Crippen molar-refractivity contribution in [1.29, 1.82) is 0 Å². The summed E-state index contributed by atoms with van der Waals surface area (Å²) in [5, 5.41) is 15.4. The first-order valence-corrected chi connectivity index (χ1v) is 12.9. The van der Waals surface area contributed by atoms with Crippen LogP contribution in [0.15, 0.2) is 36.9 Å². The Morgan fingerprint density at radius 3 is 2.54 bits per heavy atom. The summed E-state index contributed by atoms with van der Waals surface area (Å²) in [6, 6.07) is 6.95. The van der Waals surface area contributed by atoms with Crippen LogP contribution in [0.4, 0.5) is 5.82 Å². The van der Waals surface area contributed by atoms with E-state index in [1.54, 1.807) is 30.1 Å². The lowest BCUT2D eigenvalue weighted by Gasteiger charge is -2.32. The molecular weight excluding hydrogens is 473 g/mol. The van der Waals surface area contributed by atoms with Crippen LogP contribution in [-0.2, 0) is 20.6 Å². The molecule has 12 nitrogen and oxygen atoms in total. The molecule has 0 saturated heterocycles. The van der Waals surface area contributed by atoms with Crippen molar-refractivity contribution in [3.05, 3.63) is 42.5 Å². The van der Waals surface area contributed by atoms with Crippen molar-refractivity contribution in [2.45, 2.75) is 51.9 Å². The summed E-state index contributed by atoms with van der Waals surface area (Å²) in [6.45, 7) is 6.92. The Kier molecular flexibility index (Phi) is 8.11. The number of nitrogen functional groups attached to an aromatic ring is 1. The Hall–Kier alpha value is -3.05. The minimum Gasteiger partial charge on any atom is -0.497 e. The largest absolute Gasteiger partial charge is 0.497 e. The molecular formula is C22H32N7O5P. The standard InChI is InChI=1S/C22H32N7O5P/c1-14(10-29-12-26-18-19(23)24-11-25-20(18)29)34-13-35(32,28-22(3,4)21(30)31)27-15(2)16-6-8-17(33-5)9-7-16/h6-9,11-12,14-15H,10,13H2,1-5H3,(H,30,31)(H2,23,24,25)(H2,27,28,32)/t14-,15-,35+/m1/s1. The topological polar surface area (TPSA) is 167 Å². The third-order valence-corrected chi connectivity index (χ3v) is 7.67. The zero-order valence-corrected chi connectivity index (χ0v) is 21.3. The van der Waals surface area contributed by atoms with E-state index in [-0.39, 0.29) is 18.2 Å². The maximum atomic E-state index is 13.9. The maximum absolute atomic E-state index is 13.9. The predicted octanol–water partition coefficient (Wildman–Crippen LogP) is 2.78. The van der Waals surface area contributed by atoms with E-state index in [2.05, 4.69) is 25.1 Å². The number of anilines is 1. The van der Waals surface area contributed by atoms with Crippen LogP contribution in [0.1, 0.15) is 39.3 Å². The number of carboxylic acids is 1. The Labute approximate surface area is 203 Å². The minimum atomic E-state index is -3.54. The summed E-state index contributed by atoms with van der Waals surface area (Å²) >= 11 is 0. The van der Waals surface area contributed by atoms with E-state index in [0.717, 1.165) is 5.56 Å². The molecule has 190 valence electrons. The fraction of sp³-hybridized carbons (Fsp3) is 0.455. The SMILES string of the molecule is COc1ccc([C@@H](C)N[P@@](=O)(CO[C@H](C)Cn2cnc3c(N)ncnc32)NC(C)(C)C(=O)O)cc1. The number of aromatic nitrogens is 4. The van der Waals surface area contributed by atoms with Crippen LogP contribution in [0.3, 0.4) is 0 Å². The van der Waals surface area contributed by atoms with E-state index in [4.69, 9.17) is 15.2 Å². The molecule has 0 aliphatic rings. The summed E-state index contributed by atoms with van der Waals surface area (Å²) in [7, 11) is -1.96. The van der Waals surface area contributed by atoms with E-state index >= 15 is 0 Å². The summed E-state index contributed by atoms with van der Waals surface area (Å²) in [6.07, 6.45) is 2.31. The van der Waals surface area contributed by atoms with Crippen molar-refractivity contribution in [3.63, 3.8) is 0 Å². The fourth-order valence-electron chi connectivity index (χ4n) is 3.48. The molecule has 2 heterocycles. The van der Waals surface area contributed by atoms with Gasteiger partial charge in [0.2, 0.25) is 7.44 Å². The normalized spacial score (nSPS) is 15.5. The summed E-state index contributed by atoms with van der Waals surface area (Å²) in [4.78, 5) is 24.1. The summed E-state index contributed by atoms with van der Waals surface area (Å²) in [5.74, 6) is -0.152. The van der Waals surface area contributed by atoms with Crippen molar-refractivity contribution in [3.8, 4) is 5.75 Å². The van der Waals surface area contributed by atoms with Crippen molar-refractivity contribution in [2.24, 2.45) is 0 Å². The van der Waals surface area contributed by atoms with Crippen molar-refractivity contribution >= 4 is 30.4 Å². The van der Waals surface area contributed by atoms with Gasteiger partial charge in [-0.2, -0.15) is 0 Å². The van der Waals surface area contributed by atoms with Gasteiger partial charge in [0.25, 0.3) is 0 Å². The molecule has 0 aliphatic heterocycles. The van der Waals surface area contributed by atoms with E-state index in [9.17, 15) is 14.5 Å². The highest BCUT2D eigenvalue weighted by Gasteiger charge is 2.37. The number of aliphatic carboxylic acids is 1. The van der Waals surface area contributed by atoms with Gasteiger partial charge in [-0.05, 0) is 45.4 Å². The van der Waals surface area contributed by atoms with Crippen LogP contribution < -0.4 is 20.6 Å². The van der Waals surface area contributed by atoms with Crippen LogP contribution in [-0.4, -0.2) is 55.7 Å². The number of carboxylic acid groups (broad SMARTS) is 1. The second kappa shape index (κ2) is 10.7. The number of nitrogens with zero attached hydrogens (tertiary/aromatic N) is 4. The van der Waals surface area contributed by atoms with Gasteiger partial charge < -0.3 is 24.9 Å². The number of rotatable bonds is 12. The van der Waals surface area contributed by atoms with E-state index in [1.165, 1.54) is 20.2 Å². The van der Waals surface area contributed by atoms with Gasteiger partial charge in [-0.1, -0.05) is 12.1 Å². The molecule has 0 fully saturated rings. The first-order chi connectivity index (χ1) is 16.4. The van der Waals surface area contributed by atoms with Gasteiger partial charge in [-0.3, -0.25) is 9.36 Å². The van der Waals surface area contributed by atoms with Gasteiger partial charge in [-0.15, -0.1) is 0 Å². The third-order valence-electron chi connectivity index (χ3n) is 5.44. The van der Waals surface area contributed by atoms with Gasteiger partial charge >= 0.3 is 5.97 Å². The lowest BCUT2D eigenvalue weighted by Crippen LogP contribution is -2.47. The van der Waals surface area contributed by atoms with Crippen molar-refractivity contribution in [1.82, 2.24) is 29.7 Å². The van der Waals surface area contributed by atoms with Gasteiger partial charge in [0.1, 0.15) is 29.5 Å². The molecule has 5 N–H and O–H groups in total. The number of fused-ring (bicyclic) bond motifs is 1. The molecule has 1 aromatic carbocycles. The van der Waals surface area contributed by atoms with Crippen molar-refractivity contribution in [2.75, 3.05) is 19.2 Å². The number of ether oxygens (including phenoxy) is 2. The highest BCUT2D eigenvalue weighted by Crippen LogP contribution is 2.42. The fourth-order valence-corrected chi connectivity index (χ4v) is 5.92. The van der Waals surface area contributed by atoms with E-state index in [0.29, 0.717) is 23.5 Å². The van der Waals surface area contributed by atoms with Gasteiger partial charge in [0.05, 0.1) is 26.1 Å². The lowest BCUT2D eigenvalue weighted by molar-refractivity contribution is -0.142. The number of carbonyl (C=O) groups is 1. The van der Waals surface area contributed by atoms with Crippen LogP contribution in [0.25, 0.3) is 11.2 Å². The molecule has 0 unspecified atom stereocenters. The Morgan fingerprint density at radius 1 is 1.23 bits per heavy atom. The van der Waals surface area contributed by atoms with Gasteiger partial charge in [0, 0.05) is 6.04 Å². The van der Waals surface area contributed by atoms with Crippen molar-refractivity contribution < 1.29 is 23.9 Å². The Morgan fingerprint density at radius 2 is 1.91 bits per heavy atom. The third kappa shape index (κ3) is 6.55. The Balaban J connectivity index is 1.74. The zero-order chi connectivity index (χ0) is 25.8. The molecule has 3 aromatic rings. The molecule has 0 amide bonds. The number of benzene rings is 1. The Bertz CT molecular complexity index is 1210. The average molecular weight is 506 g/mol. The number of nitrogens with one attached hydrogen (secondary N) is 2. The molecule has 2 aromatic heterocycles. The van der Waals surface area contributed by atoms with E-state index in [1.807, 2.05) is 26.0 Å². The summed E-state index contributed by atoms with van der Waals surface area (Å²) < 4.78 is 26.8. The summed E-state index contributed by atoms with van der Waals surface area (Å²) in [5.41, 5.74) is 6.30. The smallest absolute Gasteiger partial charge is 0.323 e. The van der Waals surface area contributed by atoms with Crippen LogP contribution in [0.2, 0.25) is 0 Å². The molecule has 0 saturated carbocycles. The highest BCUT2D eigenvalue weighted by atomic mass is 31.2. The average Bonchev–Trinajstić information content (AvgIpc) is 3.21. The molecule has 0 aliphatic carbocycles. The quantitative estimate of drug-likeness (QED) is 0.267. The molecule has 0 spiro atoms. The first-order valence-electron chi connectivity index (χ1n) is 11.0. The highest BCUT2D eigenvalue weighted by molar-refractivity contribution is 7.59. The minimum absolute atomic E-state index is 0.241. The number of methoxy groups -OCH3 is 1. The number of nitrogens with two attached hydrogens (primary N) is 1. The molecule has 3 atom stereocenters. The maximum Gasteiger partial charge on any atom is 0.323 e. The molecule has 0 bridgehead atoms. The number of imidazole rings is 1. The van der Waals surface area contributed by atoms with Gasteiger partial charge in [0.15, 0.2) is 11.5 Å². The van der Waals surface area contributed by atoms with Crippen LogP contribution in [0.5, 0.6) is 5.75 Å². The monoisotopic (exact) mass is 505 g/mol. The molecule has 0 radical (unpaired) electrons. The first kappa shape index (κ1) is 26.6. The second-order valence-electron chi connectivity index (χ2n) is 8.84. The molecule has 3 rings (SSSR count). The number of hydrogen-bond acceptors (Lipinski definition) is 8. The lowest BCUT2D eigenvalue weighted by atomic mass is 10.1. The molecule has 35 heavy (non-hydrogen) atoms. The zero-order valence-electron chi connectivity index (χ0n) is 20.4.